The number of unbranched alkanes of at least 4 members (excludes halogenated alkanes) is 1. The molecule has 5 nitrogen and oxygen atoms in total. The van der Waals surface area contributed by atoms with Crippen LogP contribution in [0.1, 0.15) is 12.8 Å². The Morgan fingerprint density at radius 3 is 2.89 bits per heavy atom. The number of fused-ring (bicyclic) bond motifs is 1. The van der Waals surface area contributed by atoms with Crippen LogP contribution < -0.4 is 4.74 Å². The fraction of sp³-hybridized carbons (Fsp3) is 0.308. The van der Waals surface area contributed by atoms with Crippen LogP contribution in [-0.4, -0.2) is 22.3 Å². The molecule has 0 atom stereocenters. The Bertz CT molecular complexity index is 589. The van der Waals surface area contributed by atoms with Crippen LogP contribution in [-0.2, 0) is 0 Å². The Morgan fingerprint density at radius 1 is 1.32 bits per heavy atom. The van der Waals surface area contributed by atoms with Crippen LogP contribution in [0, 0.1) is 10.1 Å². The van der Waals surface area contributed by atoms with Crippen molar-refractivity contribution in [2.45, 2.75) is 12.8 Å². The number of rotatable bonds is 6. The van der Waals surface area contributed by atoms with Crippen LogP contribution in [0.25, 0.3) is 10.9 Å². The number of ether oxygens (including phenoxy) is 1. The number of nitro benzene ring substituents is 1. The number of nitro groups is 1. The highest BCUT2D eigenvalue weighted by molar-refractivity contribution is 7.80. The topological polar surface area (TPSA) is 65.3 Å². The molecule has 0 aliphatic heterocycles. The van der Waals surface area contributed by atoms with Crippen LogP contribution in [0.5, 0.6) is 5.75 Å². The summed E-state index contributed by atoms with van der Waals surface area (Å²) in [5.74, 6) is 1.46. The SMILES string of the molecule is O=[N+]([O-])c1ccc(OCCCCS)c2cccnc12. The van der Waals surface area contributed by atoms with E-state index in [-0.39, 0.29) is 5.69 Å². The van der Waals surface area contributed by atoms with Gasteiger partial charge in [0.25, 0.3) is 5.69 Å². The number of hydrogen-bond acceptors (Lipinski definition) is 5. The molecule has 2 aromatic rings. The van der Waals surface area contributed by atoms with E-state index in [1.165, 1.54) is 6.07 Å². The lowest BCUT2D eigenvalue weighted by Gasteiger charge is -2.08. The summed E-state index contributed by atoms with van der Waals surface area (Å²) in [4.78, 5) is 14.6. The average molecular weight is 278 g/mol. The van der Waals surface area contributed by atoms with Gasteiger partial charge in [-0.15, -0.1) is 0 Å². The largest absolute Gasteiger partial charge is 0.493 e. The molecular weight excluding hydrogens is 264 g/mol. The quantitative estimate of drug-likeness (QED) is 0.381. The van der Waals surface area contributed by atoms with Crippen LogP contribution in [0.2, 0.25) is 0 Å². The number of thiol groups is 1. The maximum atomic E-state index is 10.9. The van der Waals surface area contributed by atoms with Crippen molar-refractivity contribution < 1.29 is 9.66 Å². The van der Waals surface area contributed by atoms with E-state index in [1.54, 1.807) is 24.4 Å². The Morgan fingerprint density at radius 2 is 2.16 bits per heavy atom. The van der Waals surface area contributed by atoms with Crippen LogP contribution in [0.3, 0.4) is 0 Å². The highest BCUT2D eigenvalue weighted by Gasteiger charge is 2.15. The third-order valence-electron chi connectivity index (χ3n) is 2.72. The molecular formula is C13H14N2O3S. The van der Waals surface area contributed by atoms with Crippen molar-refractivity contribution in [3.63, 3.8) is 0 Å². The van der Waals surface area contributed by atoms with Gasteiger partial charge in [0.1, 0.15) is 5.75 Å². The molecule has 1 heterocycles. The Balaban J connectivity index is 2.30. The predicted molar refractivity (Wildman–Crippen MR) is 77.0 cm³/mol. The van der Waals surface area contributed by atoms with Gasteiger partial charge < -0.3 is 4.74 Å². The molecule has 19 heavy (non-hydrogen) atoms. The molecule has 6 heteroatoms. The number of benzene rings is 1. The summed E-state index contributed by atoms with van der Waals surface area (Å²) in [6.07, 6.45) is 3.43. The van der Waals surface area contributed by atoms with Gasteiger partial charge in [-0.1, -0.05) is 0 Å². The lowest BCUT2D eigenvalue weighted by Crippen LogP contribution is -1.99. The Hall–Kier alpha value is -1.82. The normalized spacial score (nSPS) is 10.6. The predicted octanol–water partition coefficient (Wildman–Crippen LogP) is 3.23. The van der Waals surface area contributed by atoms with Crippen molar-refractivity contribution in [3.8, 4) is 5.75 Å². The molecule has 0 spiro atoms. The standard InChI is InChI=1S/C13H14N2O3S/c16-15(17)11-5-6-12(18-8-1-2-9-19)10-4-3-7-14-13(10)11/h3-7,19H,1-2,8-9H2. The monoisotopic (exact) mass is 278 g/mol. The molecule has 0 bridgehead atoms. The van der Waals surface area contributed by atoms with Gasteiger partial charge in [0, 0.05) is 17.6 Å². The van der Waals surface area contributed by atoms with Gasteiger partial charge in [-0.3, -0.25) is 10.1 Å². The van der Waals surface area contributed by atoms with Gasteiger partial charge in [-0.05, 0) is 36.8 Å². The van der Waals surface area contributed by atoms with E-state index in [2.05, 4.69) is 17.6 Å². The molecule has 2 rings (SSSR count). The molecule has 0 aliphatic carbocycles. The Labute approximate surface area is 116 Å². The van der Waals surface area contributed by atoms with Gasteiger partial charge in [0.05, 0.1) is 11.5 Å². The van der Waals surface area contributed by atoms with Crippen molar-refractivity contribution in [2.24, 2.45) is 0 Å². The van der Waals surface area contributed by atoms with Gasteiger partial charge >= 0.3 is 0 Å². The van der Waals surface area contributed by atoms with Gasteiger partial charge in [-0.2, -0.15) is 12.6 Å². The second-order valence-electron chi connectivity index (χ2n) is 4.02. The molecule has 0 aliphatic rings. The molecule has 0 amide bonds. The molecule has 0 N–H and O–H groups in total. The first-order chi connectivity index (χ1) is 9.24. The van der Waals surface area contributed by atoms with Crippen molar-refractivity contribution in [1.82, 2.24) is 4.98 Å². The van der Waals surface area contributed by atoms with E-state index < -0.39 is 4.92 Å². The summed E-state index contributed by atoms with van der Waals surface area (Å²) in [5, 5.41) is 11.6. The maximum Gasteiger partial charge on any atom is 0.295 e. The van der Waals surface area contributed by atoms with Crippen LogP contribution in [0.4, 0.5) is 5.69 Å². The third kappa shape index (κ3) is 3.14. The zero-order valence-electron chi connectivity index (χ0n) is 10.3. The molecule has 0 radical (unpaired) electrons. The summed E-state index contributed by atoms with van der Waals surface area (Å²) in [7, 11) is 0. The number of nitrogens with zero attached hydrogens (tertiary/aromatic N) is 2. The van der Waals surface area contributed by atoms with E-state index in [9.17, 15) is 10.1 Å². The Kier molecular flexibility index (Phi) is 4.57. The highest BCUT2D eigenvalue weighted by Crippen LogP contribution is 2.31. The van der Waals surface area contributed by atoms with Crippen molar-refractivity contribution >= 4 is 29.2 Å². The first-order valence-corrected chi connectivity index (χ1v) is 6.63. The zero-order chi connectivity index (χ0) is 13.7. The second-order valence-corrected chi connectivity index (χ2v) is 4.47. The van der Waals surface area contributed by atoms with Crippen LogP contribution in [0.15, 0.2) is 30.5 Å². The fourth-order valence-electron chi connectivity index (χ4n) is 1.80. The van der Waals surface area contributed by atoms with Gasteiger partial charge in [-0.25, -0.2) is 4.98 Å². The van der Waals surface area contributed by atoms with E-state index >= 15 is 0 Å². The molecule has 0 saturated carbocycles. The molecule has 0 fully saturated rings. The van der Waals surface area contributed by atoms with E-state index in [4.69, 9.17) is 4.74 Å². The van der Waals surface area contributed by atoms with Gasteiger partial charge in [0.15, 0.2) is 5.52 Å². The van der Waals surface area contributed by atoms with Crippen molar-refractivity contribution in [1.29, 1.82) is 0 Å². The summed E-state index contributed by atoms with van der Waals surface area (Å²) in [5.41, 5.74) is 0.359. The number of pyridine rings is 1. The molecule has 0 unspecified atom stereocenters. The van der Waals surface area contributed by atoms with Crippen molar-refractivity contribution in [3.05, 3.63) is 40.6 Å². The zero-order valence-corrected chi connectivity index (χ0v) is 11.2. The fourth-order valence-corrected chi connectivity index (χ4v) is 2.02. The average Bonchev–Trinajstić information content (AvgIpc) is 2.43. The molecule has 1 aromatic heterocycles. The minimum absolute atomic E-state index is 0.00157. The summed E-state index contributed by atoms with van der Waals surface area (Å²) in [6.45, 7) is 0.572. The maximum absolute atomic E-state index is 10.9. The van der Waals surface area contributed by atoms with Crippen molar-refractivity contribution in [2.75, 3.05) is 12.4 Å². The summed E-state index contributed by atoms with van der Waals surface area (Å²) in [6, 6.07) is 6.59. The van der Waals surface area contributed by atoms with E-state index in [0.717, 1.165) is 18.6 Å². The minimum Gasteiger partial charge on any atom is -0.493 e. The second kappa shape index (κ2) is 6.38. The number of hydrogen-bond donors (Lipinski definition) is 1. The number of aromatic nitrogens is 1. The highest BCUT2D eigenvalue weighted by atomic mass is 32.1. The third-order valence-corrected chi connectivity index (χ3v) is 3.03. The van der Waals surface area contributed by atoms with E-state index in [0.29, 0.717) is 23.3 Å². The van der Waals surface area contributed by atoms with Gasteiger partial charge in [0.2, 0.25) is 0 Å². The van der Waals surface area contributed by atoms with E-state index in [1.807, 2.05) is 0 Å². The number of non-ortho nitro benzene ring substituents is 1. The lowest BCUT2D eigenvalue weighted by molar-refractivity contribution is -0.383. The first-order valence-electron chi connectivity index (χ1n) is 6.00. The minimum atomic E-state index is -0.431. The molecule has 1 aromatic carbocycles. The van der Waals surface area contributed by atoms with Crippen LogP contribution >= 0.6 is 12.6 Å². The molecule has 0 saturated heterocycles. The first kappa shape index (κ1) is 13.6. The summed E-state index contributed by atoms with van der Waals surface area (Å²) >= 11 is 4.14. The smallest absolute Gasteiger partial charge is 0.295 e. The molecule has 100 valence electrons. The summed E-state index contributed by atoms with van der Waals surface area (Å²) < 4.78 is 5.66. The lowest BCUT2D eigenvalue weighted by atomic mass is 10.1.